The van der Waals surface area contributed by atoms with Crippen molar-refractivity contribution in [2.24, 2.45) is 4.99 Å². The minimum absolute atomic E-state index is 0.207. The lowest BCUT2D eigenvalue weighted by molar-refractivity contribution is 0.0683. The fraction of sp³-hybridized carbons (Fsp3) is 0.471. The van der Waals surface area contributed by atoms with E-state index in [4.69, 9.17) is 9.26 Å². The number of halogens is 1. The first-order chi connectivity index (χ1) is 12.0. The predicted molar refractivity (Wildman–Crippen MR) is 92.5 cm³/mol. The lowest BCUT2D eigenvalue weighted by Crippen LogP contribution is -2.36. The first kappa shape index (κ1) is 18.9. The van der Waals surface area contributed by atoms with Crippen molar-refractivity contribution < 1.29 is 13.7 Å². The van der Waals surface area contributed by atoms with Gasteiger partial charge in [0.2, 0.25) is 5.89 Å². The molecule has 0 saturated heterocycles. The normalized spacial score (nSPS) is 12.9. The molecule has 25 heavy (non-hydrogen) atoms. The summed E-state index contributed by atoms with van der Waals surface area (Å²) in [5.41, 5.74) is 1.58. The Bertz CT molecular complexity index is 717. The van der Waals surface area contributed by atoms with Crippen molar-refractivity contribution in [3.8, 4) is 0 Å². The number of nitrogens with one attached hydrogen (secondary N) is 2. The molecule has 0 radical (unpaired) electrons. The van der Waals surface area contributed by atoms with Crippen LogP contribution in [0.3, 0.4) is 0 Å². The molecule has 1 atom stereocenters. The number of aliphatic imine (C=N–C) groups is 1. The summed E-state index contributed by atoms with van der Waals surface area (Å²) in [4.78, 5) is 8.42. The molecule has 1 heterocycles. The number of nitrogens with zero attached hydrogens (tertiary/aromatic N) is 3. The molecule has 0 aliphatic carbocycles. The second-order valence-corrected chi connectivity index (χ2v) is 5.51. The summed E-state index contributed by atoms with van der Waals surface area (Å²) in [5, 5.41) is 10.2. The van der Waals surface area contributed by atoms with Crippen LogP contribution >= 0.6 is 0 Å². The van der Waals surface area contributed by atoms with Gasteiger partial charge in [-0.15, -0.1) is 0 Å². The third kappa shape index (κ3) is 5.53. The van der Waals surface area contributed by atoms with E-state index in [1.807, 2.05) is 13.8 Å². The first-order valence-electron chi connectivity index (χ1n) is 8.17. The Morgan fingerprint density at radius 2 is 2.12 bits per heavy atom. The van der Waals surface area contributed by atoms with Crippen LogP contribution in [0.1, 0.15) is 42.8 Å². The summed E-state index contributed by atoms with van der Waals surface area (Å²) >= 11 is 0. The fourth-order valence-corrected chi connectivity index (χ4v) is 2.21. The van der Waals surface area contributed by atoms with Gasteiger partial charge in [0.15, 0.2) is 11.8 Å². The standard InChI is InChI=1S/C17H24FN5O2/c1-5-24-12(3)16-22-15(25-23-16)10-21-17(19-4)20-9-13-6-7-14(18)11(2)8-13/h6-8,12H,5,9-10H2,1-4H3,(H2,19,20,21). The maximum Gasteiger partial charge on any atom is 0.246 e. The molecule has 0 saturated carbocycles. The van der Waals surface area contributed by atoms with Gasteiger partial charge in [0.1, 0.15) is 11.9 Å². The molecule has 1 aromatic heterocycles. The number of rotatable bonds is 7. The molecule has 1 aromatic carbocycles. The Labute approximate surface area is 146 Å². The Hall–Kier alpha value is -2.48. The van der Waals surface area contributed by atoms with Gasteiger partial charge in [-0.2, -0.15) is 4.98 Å². The van der Waals surface area contributed by atoms with Gasteiger partial charge >= 0.3 is 0 Å². The number of ether oxygens (including phenoxy) is 1. The first-order valence-corrected chi connectivity index (χ1v) is 8.17. The molecule has 0 spiro atoms. The summed E-state index contributed by atoms with van der Waals surface area (Å²) in [6.45, 7) is 6.98. The minimum Gasteiger partial charge on any atom is -0.371 e. The number of hydrogen-bond acceptors (Lipinski definition) is 5. The average molecular weight is 349 g/mol. The summed E-state index contributed by atoms with van der Waals surface area (Å²) in [5.74, 6) is 1.34. The molecule has 8 heteroatoms. The summed E-state index contributed by atoms with van der Waals surface area (Å²) in [7, 11) is 1.67. The van der Waals surface area contributed by atoms with Gasteiger partial charge in [0.05, 0.1) is 6.54 Å². The van der Waals surface area contributed by atoms with Gasteiger partial charge in [0.25, 0.3) is 0 Å². The Kier molecular flexibility index (Phi) is 6.88. The maximum atomic E-state index is 13.3. The largest absolute Gasteiger partial charge is 0.371 e. The number of hydrogen-bond donors (Lipinski definition) is 2. The quantitative estimate of drug-likeness (QED) is 0.590. The molecule has 136 valence electrons. The highest BCUT2D eigenvalue weighted by Crippen LogP contribution is 2.12. The maximum absolute atomic E-state index is 13.3. The van der Waals surface area contributed by atoms with Gasteiger partial charge in [-0.3, -0.25) is 4.99 Å². The third-order valence-corrected chi connectivity index (χ3v) is 3.58. The van der Waals surface area contributed by atoms with Crippen LogP contribution in [0.15, 0.2) is 27.7 Å². The van der Waals surface area contributed by atoms with Crippen molar-refractivity contribution in [1.82, 2.24) is 20.8 Å². The minimum atomic E-state index is -0.209. The zero-order valence-electron chi connectivity index (χ0n) is 15.0. The van der Waals surface area contributed by atoms with E-state index in [9.17, 15) is 4.39 Å². The number of aryl methyl sites for hydroxylation is 1. The van der Waals surface area contributed by atoms with Crippen LogP contribution in [0.5, 0.6) is 0 Å². The second kappa shape index (κ2) is 9.12. The summed E-state index contributed by atoms with van der Waals surface area (Å²) < 4.78 is 23.9. The van der Waals surface area contributed by atoms with Crippen LogP contribution in [0.4, 0.5) is 4.39 Å². The van der Waals surface area contributed by atoms with Crippen LogP contribution in [0, 0.1) is 12.7 Å². The Morgan fingerprint density at radius 1 is 1.36 bits per heavy atom. The Morgan fingerprint density at radius 3 is 2.80 bits per heavy atom. The van der Waals surface area contributed by atoms with Gasteiger partial charge < -0.3 is 19.9 Å². The van der Waals surface area contributed by atoms with Crippen molar-refractivity contribution in [2.75, 3.05) is 13.7 Å². The van der Waals surface area contributed by atoms with Crippen molar-refractivity contribution >= 4 is 5.96 Å². The number of guanidine groups is 1. The molecular formula is C17H24FN5O2. The monoisotopic (exact) mass is 349 g/mol. The highest BCUT2D eigenvalue weighted by molar-refractivity contribution is 5.79. The molecule has 0 aliphatic rings. The zero-order valence-corrected chi connectivity index (χ0v) is 15.0. The van der Waals surface area contributed by atoms with Gasteiger partial charge in [-0.25, -0.2) is 4.39 Å². The molecule has 2 aromatic rings. The van der Waals surface area contributed by atoms with E-state index in [0.29, 0.717) is 42.9 Å². The van der Waals surface area contributed by atoms with E-state index < -0.39 is 0 Å². The van der Waals surface area contributed by atoms with Crippen molar-refractivity contribution in [1.29, 1.82) is 0 Å². The average Bonchev–Trinajstić information content (AvgIpc) is 3.07. The molecule has 1 unspecified atom stereocenters. The van der Waals surface area contributed by atoms with Gasteiger partial charge in [0, 0.05) is 20.2 Å². The van der Waals surface area contributed by atoms with E-state index in [-0.39, 0.29) is 11.9 Å². The highest BCUT2D eigenvalue weighted by Gasteiger charge is 2.13. The second-order valence-electron chi connectivity index (χ2n) is 5.51. The smallest absolute Gasteiger partial charge is 0.246 e. The van der Waals surface area contributed by atoms with Crippen LogP contribution in [-0.2, 0) is 17.8 Å². The van der Waals surface area contributed by atoms with Crippen molar-refractivity contribution in [2.45, 2.75) is 40.0 Å². The topological polar surface area (TPSA) is 84.6 Å². The molecule has 0 fully saturated rings. The molecule has 0 bridgehead atoms. The van der Waals surface area contributed by atoms with E-state index in [0.717, 1.165) is 5.56 Å². The fourth-order valence-electron chi connectivity index (χ4n) is 2.21. The number of benzene rings is 1. The molecule has 0 amide bonds. The van der Waals surface area contributed by atoms with Crippen LogP contribution in [0.2, 0.25) is 0 Å². The van der Waals surface area contributed by atoms with Crippen LogP contribution in [0.25, 0.3) is 0 Å². The highest BCUT2D eigenvalue weighted by atomic mass is 19.1. The van der Waals surface area contributed by atoms with Crippen molar-refractivity contribution in [3.63, 3.8) is 0 Å². The van der Waals surface area contributed by atoms with Crippen LogP contribution in [-0.4, -0.2) is 29.8 Å². The molecule has 7 nitrogen and oxygen atoms in total. The third-order valence-electron chi connectivity index (χ3n) is 3.58. The molecule has 2 rings (SSSR count). The van der Waals surface area contributed by atoms with E-state index in [2.05, 4.69) is 25.8 Å². The lowest BCUT2D eigenvalue weighted by Gasteiger charge is -2.11. The Balaban J connectivity index is 1.85. The molecule has 2 N–H and O–H groups in total. The molecular weight excluding hydrogens is 325 g/mol. The van der Waals surface area contributed by atoms with E-state index >= 15 is 0 Å². The van der Waals surface area contributed by atoms with E-state index in [1.54, 1.807) is 26.1 Å². The van der Waals surface area contributed by atoms with Gasteiger partial charge in [-0.1, -0.05) is 17.3 Å². The summed E-state index contributed by atoms with van der Waals surface area (Å²) in [6, 6.07) is 5.00. The van der Waals surface area contributed by atoms with E-state index in [1.165, 1.54) is 6.07 Å². The van der Waals surface area contributed by atoms with Crippen LogP contribution < -0.4 is 10.6 Å². The van der Waals surface area contributed by atoms with Gasteiger partial charge in [-0.05, 0) is 38.0 Å². The summed E-state index contributed by atoms with van der Waals surface area (Å²) in [6.07, 6.45) is -0.207. The zero-order chi connectivity index (χ0) is 18.2. The van der Waals surface area contributed by atoms with Crippen molar-refractivity contribution in [3.05, 3.63) is 46.9 Å². The molecule has 0 aliphatic heterocycles. The predicted octanol–water partition coefficient (Wildman–Crippen LogP) is 2.48. The number of aromatic nitrogens is 2. The SMILES string of the molecule is CCOC(C)c1noc(CNC(=NC)NCc2ccc(F)c(C)c2)n1. The lowest BCUT2D eigenvalue weighted by atomic mass is 10.1.